The molecule has 2 aliphatic rings. The molecule has 0 radical (unpaired) electrons. The van der Waals surface area contributed by atoms with E-state index in [1.807, 2.05) is 0 Å². The molecule has 0 heterocycles. The molecule has 0 unspecified atom stereocenters. The second-order valence-corrected chi connectivity index (χ2v) is 12.3. The number of rotatable bonds is 4. The molecule has 0 aromatic heterocycles. The average molecular weight is 487 g/mol. The Kier molecular flexibility index (Phi) is 5.50. The topological polar surface area (TPSA) is 3.24 Å². The predicted octanol–water partition coefficient (Wildman–Crippen LogP) is 10.3. The van der Waals surface area contributed by atoms with E-state index in [1.165, 1.54) is 50.3 Å². The zero-order chi connectivity index (χ0) is 26.7. The lowest BCUT2D eigenvalue weighted by Crippen LogP contribution is -2.38. The lowest BCUT2D eigenvalue weighted by Gasteiger charge is -2.40. The van der Waals surface area contributed by atoms with Crippen LogP contribution in [0.1, 0.15) is 84.3 Å². The van der Waals surface area contributed by atoms with Crippen LogP contribution < -0.4 is 4.90 Å². The zero-order valence-electron chi connectivity index (χ0n) is 23.9. The highest BCUT2D eigenvalue weighted by Gasteiger charge is 2.38. The van der Waals surface area contributed by atoms with E-state index >= 15 is 0 Å². The minimum absolute atomic E-state index is 0.0754. The van der Waals surface area contributed by atoms with Gasteiger partial charge in [0.1, 0.15) is 0 Å². The standard InChI is InChI=1S/C36H39N/c1-35(2,3)37(28-19-13-18-27(22-28)25-14-7-6-8-15-25)34-24-31-29-20-11-12-21-32(29)36(4,5)33(31)23-30(34)26-16-9-10-17-26/h6-8,11-15,18-24,26H,9-10,16-17H2,1-5H3/i26D. The average Bonchev–Trinajstić information content (AvgIpc) is 3.44. The summed E-state index contributed by atoms with van der Waals surface area (Å²) in [5.41, 5.74) is 11.1. The third-order valence-corrected chi connectivity index (χ3v) is 8.41. The van der Waals surface area contributed by atoms with E-state index in [1.54, 1.807) is 0 Å². The molecule has 6 rings (SSSR count). The quantitative estimate of drug-likeness (QED) is 0.277. The summed E-state index contributed by atoms with van der Waals surface area (Å²) in [5, 5.41) is 0. The first-order valence-corrected chi connectivity index (χ1v) is 13.8. The summed E-state index contributed by atoms with van der Waals surface area (Å²) < 4.78 is 9.73. The van der Waals surface area contributed by atoms with Gasteiger partial charge in [-0.2, -0.15) is 0 Å². The van der Waals surface area contributed by atoms with Crippen molar-refractivity contribution in [2.75, 3.05) is 4.90 Å². The van der Waals surface area contributed by atoms with Crippen molar-refractivity contribution in [3.63, 3.8) is 0 Å². The second-order valence-electron chi connectivity index (χ2n) is 12.3. The number of benzene rings is 4. The molecule has 0 saturated heterocycles. The highest BCUT2D eigenvalue weighted by Crippen LogP contribution is 2.53. The first kappa shape index (κ1) is 22.8. The van der Waals surface area contributed by atoms with Gasteiger partial charge in [-0.25, -0.2) is 0 Å². The van der Waals surface area contributed by atoms with Crippen LogP contribution in [0.3, 0.4) is 0 Å². The minimum Gasteiger partial charge on any atom is -0.336 e. The van der Waals surface area contributed by atoms with Crippen molar-refractivity contribution in [3.05, 3.63) is 108 Å². The third kappa shape index (κ3) is 4.09. The maximum absolute atomic E-state index is 9.73. The Balaban J connectivity index is 1.61. The monoisotopic (exact) mass is 486 g/mol. The number of fused-ring (bicyclic) bond motifs is 3. The Morgan fingerprint density at radius 1 is 0.730 bits per heavy atom. The number of hydrogen-bond donors (Lipinski definition) is 0. The van der Waals surface area contributed by atoms with Crippen molar-refractivity contribution >= 4 is 11.4 Å². The molecule has 2 aliphatic carbocycles. The van der Waals surface area contributed by atoms with E-state index < -0.39 is 5.89 Å². The summed E-state index contributed by atoms with van der Waals surface area (Å²) >= 11 is 0. The van der Waals surface area contributed by atoms with Gasteiger partial charge in [-0.1, -0.05) is 99.5 Å². The van der Waals surface area contributed by atoms with Gasteiger partial charge in [-0.05, 0) is 96.7 Å². The normalized spacial score (nSPS) is 17.7. The van der Waals surface area contributed by atoms with Crippen LogP contribution >= 0.6 is 0 Å². The molecule has 4 aromatic rings. The molecule has 1 fully saturated rings. The van der Waals surface area contributed by atoms with Crippen molar-refractivity contribution in [2.45, 2.75) is 77.1 Å². The van der Waals surface area contributed by atoms with E-state index in [2.05, 4.69) is 131 Å². The van der Waals surface area contributed by atoms with Crippen LogP contribution in [0.4, 0.5) is 11.4 Å². The van der Waals surface area contributed by atoms with Gasteiger partial charge in [0.25, 0.3) is 0 Å². The molecule has 1 saturated carbocycles. The van der Waals surface area contributed by atoms with Gasteiger partial charge in [0, 0.05) is 23.7 Å². The van der Waals surface area contributed by atoms with Crippen LogP contribution in [0.15, 0.2) is 91.0 Å². The molecule has 0 amide bonds. The Labute approximate surface area is 224 Å². The largest absolute Gasteiger partial charge is 0.336 e. The van der Waals surface area contributed by atoms with Crippen LogP contribution in [-0.4, -0.2) is 5.54 Å². The lowest BCUT2D eigenvalue weighted by atomic mass is 9.80. The molecule has 0 bridgehead atoms. The van der Waals surface area contributed by atoms with Crippen molar-refractivity contribution in [1.29, 1.82) is 0 Å². The molecule has 0 spiro atoms. The van der Waals surface area contributed by atoms with Crippen LogP contribution in [0, 0.1) is 0 Å². The molecule has 188 valence electrons. The van der Waals surface area contributed by atoms with E-state index in [9.17, 15) is 1.37 Å². The Bertz CT molecular complexity index is 1490. The van der Waals surface area contributed by atoms with Crippen molar-refractivity contribution in [2.24, 2.45) is 0 Å². The van der Waals surface area contributed by atoms with Crippen molar-refractivity contribution < 1.29 is 1.37 Å². The molecule has 0 atom stereocenters. The molecular weight excluding hydrogens is 446 g/mol. The Morgan fingerprint density at radius 3 is 2.14 bits per heavy atom. The van der Waals surface area contributed by atoms with Crippen LogP contribution in [0.25, 0.3) is 22.3 Å². The first-order valence-electron chi connectivity index (χ1n) is 14.3. The summed E-state index contributed by atoms with van der Waals surface area (Å²) in [6, 6.07) is 33.3. The molecule has 4 aromatic carbocycles. The van der Waals surface area contributed by atoms with Crippen LogP contribution in [0.2, 0.25) is 0 Å². The van der Waals surface area contributed by atoms with Gasteiger partial charge in [-0.15, -0.1) is 0 Å². The highest BCUT2D eigenvalue weighted by atomic mass is 15.2. The minimum atomic E-state index is -0.560. The van der Waals surface area contributed by atoms with Crippen LogP contribution in [0.5, 0.6) is 0 Å². The number of anilines is 2. The zero-order valence-corrected chi connectivity index (χ0v) is 22.9. The van der Waals surface area contributed by atoms with Crippen LogP contribution in [-0.2, 0) is 5.41 Å². The van der Waals surface area contributed by atoms with E-state index in [0.717, 1.165) is 25.7 Å². The molecule has 0 N–H and O–H groups in total. The second kappa shape index (κ2) is 8.91. The maximum atomic E-state index is 9.73. The van der Waals surface area contributed by atoms with Gasteiger partial charge in [0.2, 0.25) is 0 Å². The fourth-order valence-electron chi connectivity index (χ4n) is 6.62. The third-order valence-electron chi connectivity index (χ3n) is 8.41. The molecule has 37 heavy (non-hydrogen) atoms. The lowest BCUT2D eigenvalue weighted by molar-refractivity contribution is 0.555. The van der Waals surface area contributed by atoms with Gasteiger partial charge < -0.3 is 4.90 Å². The summed E-state index contributed by atoms with van der Waals surface area (Å²) in [6.07, 6.45) is 4.10. The van der Waals surface area contributed by atoms with Gasteiger partial charge in [-0.3, -0.25) is 0 Å². The summed E-state index contributed by atoms with van der Waals surface area (Å²) in [4.78, 5) is 2.50. The summed E-state index contributed by atoms with van der Waals surface area (Å²) in [5.74, 6) is -0.560. The van der Waals surface area contributed by atoms with Crippen molar-refractivity contribution in [3.8, 4) is 22.3 Å². The summed E-state index contributed by atoms with van der Waals surface area (Å²) in [7, 11) is 0. The molecule has 1 nitrogen and oxygen atoms in total. The SMILES string of the molecule is [2H]C1(c2cc3c(cc2N(c2cccc(-c4ccccc4)c2)C(C)(C)C)-c2ccccc2C3(C)C)CCCC1. The van der Waals surface area contributed by atoms with E-state index in [0.29, 0.717) is 0 Å². The van der Waals surface area contributed by atoms with E-state index in [-0.39, 0.29) is 11.0 Å². The smallest absolute Gasteiger partial charge is 0.0457 e. The first-order chi connectivity index (χ1) is 18.1. The highest BCUT2D eigenvalue weighted by molar-refractivity contribution is 5.86. The van der Waals surface area contributed by atoms with Gasteiger partial charge >= 0.3 is 0 Å². The number of hydrogen-bond acceptors (Lipinski definition) is 1. The van der Waals surface area contributed by atoms with E-state index in [4.69, 9.17) is 0 Å². The van der Waals surface area contributed by atoms with Gasteiger partial charge in [0.05, 0.1) is 0 Å². The fourth-order valence-corrected chi connectivity index (χ4v) is 6.62. The number of nitrogens with zero attached hydrogens (tertiary/aromatic N) is 1. The Hall–Kier alpha value is -3.32. The molecular formula is C36H39N. The Morgan fingerprint density at radius 2 is 1.41 bits per heavy atom. The molecule has 1 heteroatoms. The van der Waals surface area contributed by atoms with Gasteiger partial charge in [0.15, 0.2) is 0 Å². The van der Waals surface area contributed by atoms with Crippen molar-refractivity contribution in [1.82, 2.24) is 0 Å². The predicted molar refractivity (Wildman–Crippen MR) is 159 cm³/mol. The molecule has 0 aliphatic heterocycles. The maximum Gasteiger partial charge on any atom is 0.0457 e. The summed E-state index contributed by atoms with van der Waals surface area (Å²) in [6.45, 7) is 11.6. The fraction of sp³-hybridized carbons (Fsp3) is 0.333.